The molecule has 2 N–H and O–H groups in total. The maximum Gasteiger partial charge on any atom is 0.573 e. The summed E-state index contributed by atoms with van der Waals surface area (Å²) in [6.45, 7) is -0.0304. The molecular weight excluding hydrogens is 340 g/mol. The molecule has 0 aliphatic carbocycles. The molecule has 130 valence electrons. The zero-order chi connectivity index (χ0) is 18.0. The molecule has 0 heterocycles. The number of nitrogens with two attached hydrogens (primary N) is 1. The van der Waals surface area contributed by atoms with Crippen molar-refractivity contribution in [3.05, 3.63) is 48.0 Å². The lowest BCUT2D eigenvalue weighted by Gasteiger charge is -2.13. The molecule has 3 nitrogen and oxygen atoms in total. The number of hydrogen-bond acceptors (Lipinski definition) is 3. The Hall–Kier alpha value is -2.42. The highest BCUT2D eigenvalue weighted by molar-refractivity contribution is 5.67. The normalized spacial score (nSPS) is 12.1. The molecule has 0 atom stereocenters. The summed E-state index contributed by atoms with van der Waals surface area (Å²) in [4.78, 5) is 0. The van der Waals surface area contributed by atoms with Crippen molar-refractivity contribution in [1.29, 1.82) is 0 Å². The molecule has 2 rings (SSSR count). The lowest BCUT2D eigenvalue weighted by molar-refractivity contribution is -0.275. The number of ether oxygens (including phenoxy) is 2. The number of alkyl halides is 6. The molecule has 0 aliphatic heterocycles. The van der Waals surface area contributed by atoms with Crippen LogP contribution in [0.25, 0.3) is 11.1 Å². The third-order valence-electron chi connectivity index (χ3n) is 2.86. The fraction of sp³-hybridized carbons (Fsp3) is 0.200. The van der Waals surface area contributed by atoms with Crippen LogP contribution in [0.4, 0.5) is 26.3 Å². The summed E-state index contributed by atoms with van der Waals surface area (Å²) in [6.07, 6.45) is -9.69. The Kier molecular flexibility index (Phi) is 4.93. The van der Waals surface area contributed by atoms with Gasteiger partial charge < -0.3 is 15.2 Å². The molecule has 0 radical (unpaired) electrons. The van der Waals surface area contributed by atoms with Gasteiger partial charge in [-0.15, -0.1) is 26.3 Å². The second kappa shape index (κ2) is 6.60. The van der Waals surface area contributed by atoms with Gasteiger partial charge in [0.15, 0.2) is 0 Å². The van der Waals surface area contributed by atoms with Crippen molar-refractivity contribution in [3.8, 4) is 22.6 Å². The van der Waals surface area contributed by atoms with E-state index in [2.05, 4.69) is 9.47 Å². The van der Waals surface area contributed by atoms with Crippen molar-refractivity contribution in [2.45, 2.75) is 19.3 Å². The maximum atomic E-state index is 12.3. The van der Waals surface area contributed by atoms with Gasteiger partial charge in [0.1, 0.15) is 11.5 Å². The van der Waals surface area contributed by atoms with Crippen LogP contribution in [0.3, 0.4) is 0 Å². The van der Waals surface area contributed by atoms with Crippen molar-refractivity contribution in [2.75, 3.05) is 0 Å². The van der Waals surface area contributed by atoms with Gasteiger partial charge in [0, 0.05) is 6.54 Å². The first-order valence-electron chi connectivity index (χ1n) is 6.52. The summed E-state index contributed by atoms with van der Waals surface area (Å²) in [5.74, 6) is -0.899. The molecule has 0 spiro atoms. The highest BCUT2D eigenvalue weighted by Crippen LogP contribution is 2.31. The number of halogens is 6. The Morgan fingerprint density at radius 1 is 0.708 bits per heavy atom. The summed E-state index contributed by atoms with van der Waals surface area (Å²) in [6, 6.07) is 8.46. The molecule has 0 fully saturated rings. The Bertz CT molecular complexity index is 695. The zero-order valence-electron chi connectivity index (χ0n) is 11.9. The lowest BCUT2D eigenvalue weighted by atomic mass is 10.0. The predicted molar refractivity (Wildman–Crippen MR) is 73.1 cm³/mol. The molecule has 0 aliphatic rings. The number of benzene rings is 2. The van der Waals surface area contributed by atoms with Crippen LogP contribution in [-0.2, 0) is 6.54 Å². The SMILES string of the molecule is NCc1cc(OC(F)(F)F)cc(-c2ccc(OC(F)(F)F)cc2)c1. The first-order chi connectivity index (χ1) is 11.1. The number of rotatable bonds is 4. The predicted octanol–water partition coefficient (Wildman–Crippen LogP) is 4.61. The van der Waals surface area contributed by atoms with E-state index in [0.29, 0.717) is 16.7 Å². The average Bonchev–Trinajstić information content (AvgIpc) is 2.44. The standard InChI is InChI=1S/C15H11F6NO2/c16-14(17,18)23-12-3-1-10(2-4-12)11-5-9(8-22)6-13(7-11)24-15(19,20)21/h1-7H,8,22H2. The first kappa shape index (κ1) is 17.9. The summed E-state index contributed by atoms with van der Waals surface area (Å²) in [5.41, 5.74) is 6.52. The molecule has 0 bridgehead atoms. The summed E-state index contributed by atoms with van der Waals surface area (Å²) in [5, 5.41) is 0. The van der Waals surface area contributed by atoms with E-state index in [9.17, 15) is 26.3 Å². The highest BCUT2D eigenvalue weighted by Gasteiger charge is 2.32. The van der Waals surface area contributed by atoms with Gasteiger partial charge in [-0.25, -0.2) is 0 Å². The van der Waals surface area contributed by atoms with E-state index < -0.39 is 24.2 Å². The third kappa shape index (κ3) is 5.34. The van der Waals surface area contributed by atoms with E-state index in [1.165, 1.54) is 18.2 Å². The van der Waals surface area contributed by atoms with Crippen LogP contribution in [0.5, 0.6) is 11.5 Å². The van der Waals surface area contributed by atoms with E-state index in [4.69, 9.17) is 5.73 Å². The van der Waals surface area contributed by atoms with Gasteiger partial charge in [0.05, 0.1) is 0 Å². The molecule has 0 amide bonds. The van der Waals surface area contributed by atoms with Crippen molar-refractivity contribution in [3.63, 3.8) is 0 Å². The van der Waals surface area contributed by atoms with Crippen LogP contribution >= 0.6 is 0 Å². The Morgan fingerprint density at radius 3 is 1.75 bits per heavy atom. The van der Waals surface area contributed by atoms with Crippen molar-refractivity contribution < 1.29 is 35.8 Å². The van der Waals surface area contributed by atoms with Crippen LogP contribution < -0.4 is 15.2 Å². The molecule has 2 aromatic rings. The third-order valence-corrected chi connectivity index (χ3v) is 2.86. The smallest absolute Gasteiger partial charge is 0.406 e. The first-order valence-corrected chi connectivity index (χ1v) is 6.52. The Balaban J connectivity index is 2.32. The zero-order valence-corrected chi connectivity index (χ0v) is 11.9. The highest BCUT2D eigenvalue weighted by atomic mass is 19.4. The Morgan fingerprint density at radius 2 is 1.25 bits per heavy atom. The number of hydrogen-bond donors (Lipinski definition) is 1. The van der Waals surface area contributed by atoms with E-state index >= 15 is 0 Å². The topological polar surface area (TPSA) is 44.5 Å². The van der Waals surface area contributed by atoms with Gasteiger partial charge in [-0.3, -0.25) is 0 Å². The van der Waals surface area contributed by atoms with Gasteiger partial charge in [-0.05, 0) is 47.0 Å². The molecular formula is C15H11F6NO2. The van der Waals surface area contributed by atoms with Gasteiger partial charge >= 0.3 is 12.7 Å². The molecule has 0 saturated heterocycles. The molecule has 2 aromatic carbocycles. The van der Waals surface area contributed by atoms with Crippen molar-refractivity contribution >= 4 is 0 Å². The minimum atomic E-state index is -4.87. The van der Waals surface area contributed by atoms with E-state index in [0.717, 1.165) is 24.3 Å². The van der Waals surface area contributed by atoms with E-state index in [-0.39, 0.29) is 6.54 Å². The maximum absolute atomic E-state index is 12.3. The van der Waals surface area contributed by atoms with Crippen molar-refractivity contribution in [1.82, 2.24) is 0 Å². The fourth-order valence-corrected chi connectivity index (χ4v) is 1.99. The van der Waals surface area contributed by atoms with Crippen molar-refractivity contribution in [2.24, 2.45) is 5.73 Å². The quantitative estimate of drug-likeness (QED) is 0.818. The van der Waals surface area contributed by atoms with Gasteiger partial charge in [-0.2, -0.15) is 0 Å². The van der Waals surface area contributed by atoms with Crippen LogP contribution in [0.1, 0.15) is 5.56 Å². The molecule has 0 unspecified atom stereocenters. The van der Waals surface area contributed by atoms with E-state index in [1.54, 1.807) is 0 Å². The summed E-state index contributed by atoms with van der Waals surface area (Å²) < 4.78 is 81.0. The van der Waals surface area contributed by atoms with Crippen LogP contribution in [0.2, 0.25) is 0 Å². The minimum Gasteiger partial charge on any atom is -0.406 e. The molecule has 0 aromatic heterocycles. The van der Waals surface area contributed by atoms with Gasteiger partial charge in [-0.1, -0.05) is 12.1 Å². The van der Waals surface area contributed by atoms with Crippen LogP contribution in [-0.4, -0.2) is 12.7 Å². The van der Waals surface area contributed by atoms with Crippen LogP contribution in [0, 0.1) is 0 Å². The lowest BCUT2D eigenvalue weighted by Crippen LogP contribution is -2.17. The second-order valence-corrected chi connectivity index (χ2v) is 4.69. The second-order valence-electron chi connectivity index (χ2n) is 4.69. The fourth-order valence-electron chi connectivity index (χ4n) is 1.99. The molecule has 0 saturated carbocycles. The molecule has 24 heavy (non-hydrogen) atoms. The molecule has 9 heteroatoms. The average molecular weight is 351 g/mol. The Labute approximate surface area is 132 Å². The summed E-state index contributed by atoms with van der Waals surface area (Å²) in [7, 11) is 0. The monoisotopic (exact) mass is 351 g/mol. The van der Waals surface area contributed by atoms with Gasteiger partial charge in [0.25, 0.3) is 0 Å². The largest absolute Gasteiger partial charge is 0.573 e. The summed E-state index contributed by atoms with van der Waals surface area (Å²) >= 11 is 0. The van der Waals surface area contributed by atoms with Gasteiger partial charge in [0.2, 0.25) is 0 Å². The van der Waals surface area contributed by atoms with Crippen LogP contribution in [0.15, 0.2) is 42.5 Å². The van der Waals surface area contributed by atoms with E-state index in [1.807, 2.05) is 0 Å². The minimum absolute atomic E-state index is 0.0304.